The highest BCUT2D eigenvalue weighted by Gasteiger charge is 2.18. The summed E-state index contributed by atoms with van der Waals surface area (Å²) < 4.78 is 24.9. The van der Waals surface area contributed by atoms with Gasteiger partial charge in [0.1, 0.15) is 6.61 Å². The molecule has 0 spiro atoms. The summed E-state index contributed by atoms with van der Waals surface area (Å²) in [5.41, 5.74) is 0.329. The van der Waals surface area contributed by atoms with Crippen molar-refractivity contribution in [2.75, 3.05) is 20.8 Å². The first-order valence-electron chi connectivity index (χ1n) is 9.18. The van der Waals surface area contributed by atoms with Crippen LogP contribution in [0.4, 0.5) is 0 Å². The second-order valence-corrected chi connectivity index (χ2v) is 5.97. The average Bonchev–Trinajstić information content (AvgIpc) is 2.77. The lowest BCUT2D eigenvalue weighted by Gasteiger charge is -2.14. The molecule has 0 aliphatic rings. The molecule has 0 aliphatic heterocycles. The minimum Gasteiger partial charge on any atom is -0.504 e. The molecule has 0 unspecified atom stereocenters. The van der Waals surface area contributed by atoms with Gasteiger partial charge in [0, 0.05) is 13.8 Å². The third-order valence-corrected chi connectivity index (χ3v) is 3.69. The smallest absolute Gasteiger partial charge is 0.308 e. The van der Waals surface area contributed by atoms with E-state index in [1.54, 1.807) is 0 Å². The number of benzene rings is 2. The fourth-order valence-corrected chi connectivity index (χ4v) is 2.43. The van der Waals surface area contributed by atoms with E-state index in [4.69, 9.17) is 30.1 Å². The van der Waals surface area contributed by atoms with Gasteiger partial charge in [0.05, 0.1) is 25.3 Å². The van der Waals surface area contributed by atoms with Crippen LogP contribution in [0.2, 0.25) is 0 Å². The quantitative estimate of drug-likeness (QED) is 0.272. The van der Waals surface area contributed by atoms with Crippen molar-refractivity contribution in [3.8, 4) is 46.8 Å². The number of aldehydes is 2. The predicted molar refractivity (Wildman–Crippen MR) is 115 cm³/mol. The molecule has 1 N–H and O–H groups in total. The van der Waals surface area contributed by atoms with Gasteiger partial charge < -0.3 is 28.8 Å². The van der Waals surface area contributed by atoms with Crippen LogP contribution in [0, 0.1) is 12.3 Å². The summed E-state index contributed by atoms with van der Waals surface area (Å²) in [5, 5.41) is 9.39. The molecule has 174 valence electrons. The third-order valence-electron chi connectivity index (χ3n) is 3.69. The summed E-state index contributed by atoms with van der Waals surface area (Å²) in [7, 11) is 2.68. The van der Waals surface area contributed by atoms with E-state index in [0.29, 0.717) is 18.3 Å². The lowest BCUT2D eigenvalue weighted by Crippen LogP contribution is -2.07. The molecule has 10 nitrogen and oxygen atoms in total. The normalized spacial score (nSPS) is 9.30. The lowest BCUT2D eigenvalue weighted by molar-refractivity contribution is -0.133. The van der Waals surface area contributed by atoms with Gasteiger partial charge in [0.2, 0.25) is 11.5 Å². The van der Waals surface area contributed by atoms with E-state index in [1.807, 2.05) is 0 Å². The number of rotatable bonds is 8. The van der Waals surface area contributed by atoms with Crippen LogP contribution in [-0.2, 0) is 9.59 Å². The van der Waals surface area contributed by atoms with Gasteiger partial charge in [-0.3, -0.25) is 19.2 Å². The molecule has 0 aliphatic carbocycles. The van der Waals surface area contributed by atoms with Crippen molar-refractivity contribution in [2.45, 2.75) is 13.8 Å². The molecule has 2 aromatic carbocycles. The summed E-state index contributed by atoms with van der Waals surface area (Å²) in [5.74, 6) is 1.33. The molecule has 10 heteroatoms. The highest BCUT2D eigenvalue weighted by molar-refractivity contribution is 5.86. The summed E-state index contributed by atoms with van der Waals surface area (Å²) in [6, 6.07) is 5.60. The Kier molecular flexibility index (Phi) is 10.5. The van der Waals surface area contributed by atoms with Crippen LogP contribution < -0.4 is 23.7 Å². The number of phenolic OH excluding ortho intramolecular Hbond substituents is 1. The number of carbonyl (C=O) groups is 4. The van der Waals surface area contributed by atoms with Gasteiger partial charge in [-0.05, 0) is 24.3 Å². The number of aromatic hydroxyl groups is 1. The highest BCUT2D eigenvalue weighted by Crippen LogP contribution is 2.40. The first-order chi connectivity index (χ1) is 15.7. The molecule has 0 saturated carbocycles. The molecule has 0 bridgehead atoms. The molecular formula is C23H22O10. The van der Waals surface area contributed by atoms with Crippen LogP contribution in [0.3, 0.4) is 0 Å². The fraction of sp³-hybridized carbons (Fsp3) is 0.217. The van der Waals surface area contributed by atoms with E-state index < -0.39 is 11.9 Å². The Morgan fingerprint density at radius 1 is 0.879 bits per heavy atom. The van der Waals surface area contributed by atoms with Crippen molar-refractivity contribution in [2.24, 2.45) is 0 Å². The van der Waals surface area contributed by atoms with Crippen molar-refractivity contribution in [1.82, 2.24) is 0 Å². The molecule has 33 heavy (non-hydrogen) atoms. The van der Waals surface area contributed by atoms with E-state index in [1.165, 1.54) is 52.3 Å². The summed E-state index contributed by atoms with van der Waals surface area (Å²) in [6.45, 7) is 2.46. The maximum Gasteiger partial charge on any atom is 0.308 e. The topological polar surface area (TPSA) is 135 Å². The maximum atomic E-state index is 11.0. The number of phenols is 1. The van der Waals surface area contributed by atoms with E-state index in [2.05, 4.69) is 5.92 Å². The molecule has 0 amide bonds. The minimum atomic E-state index is -0.595. The van der Waals surface area contributed by atoms with Crippen molar-refractivity contribution < 1.29 is 48.0 Å². The van der Waals surface area contributed by atoms with Gasteiger partial charge in [-0.1, -0.05) is 5.92 Å². The Bertz CT molecular complexity index is 1070. The van der Waals surface area contributed by atoms with Crippen molar-refractivity contribution >= 4 is 24.5 Å². The zero-order valence-electron chi connectivity index (χ0n) is 18.4. The van der Waals surface area contributed by atoms with E-state index >= 15 is 0 Å². The Balaban J connectivity index is 0.000000335. The second-order valence-electron chi connectivity index (χ2n) is 5.97. The molecule has 0 fully saturated rings. The van der Waals surface area contributed by atoms with E-state index in [-0.39, 0.29) is 46.5 Å². The molecule has 0 saturated heterocycles. The zero-order chi connectivity index (χ0) is 25.0. The molecule has 2 rings (SSSR count). The van der Waals surface area contributed by atoms with Crippen LogP contribution in [-0.4, -0.2) is 50.4 Å². The molecule has 0 aromatic heterocycles. The average molecular weight is 458 g/mol. The van der Waals surface area contributed by atoms with Crippen LogP contribution in [0.25, 0.3) is 0 Å². The lowest BCUT2D eigenvalue weighted by atomic mass is 10.2. The summed E-state index contributed by atoms with van der Waals surface area (Å²) in [4.78, 5) is 43.3. The van der Waals surface area contributed by atoms with Crippen molar-refractivity contribution in [1.29, 1.82) is 0 Å². The summed E-state index contributed by atoms with van der Waals surface area (Å²) in [6.07, 6.45) is 6.16. The van der Waals surface area contributed by atoms with E-state index in [0.717, 1.165) is 0 Å². The first kappa shape index (κ1) is 26.5. The van der Waals surface area contributed by atoms with Gasteiger partial charge in [0.25, 0.3) is 0 Å². The van der Waals surface area contributed by atoms with Crippen LogP contribution in [0.15, 0.2) is 24.3 Å². The van der Waals surface area contributed by atoms with Crippen LogP contribution in [0.1, 0.15) is 34.6 Å². The molecule has 0 radical (unpaired) electrons. The zero-order valence-corrected chi connectivity index (χ0v) is 18.4. The maximum absolute atomic E-state index is 11.0. The number of hydrogen-bond donors (Lipinski definition) is 1. The van der Waals surface area contributed by atoms with Crippen LogP contribution in [0.5, 0.6) is 34.5 Å². The van der Waals surface area contributed by atoms with E-state index in [9.17, 15) is 24.3 Å². The number of hydrogen-bond acceptors (Lipinski definition) is 10. The number of esters is 2. The van der Waals surface area contributed by atoms with Crippen molar-refractivity contribution in [3.05, 3.63) is 35.4 Å². The second kappa shape index (κ2) is 13.0. The first-order valence-corrected chi connectivity index (χ1v) is 9.18. The summed E-state index contributed by atoms with van der Waals surface area (Å²) >= 11 is 0. The number of ether oxygens (including phenoxy) is 5. The Labute approximate surface area is 190 Å². The van der Waals surface area contributed by atoms with Gasteiger partial charge in [0.15, 0.2) is 35.6 Å². The highest BCUT2D eigenvalue weighted by atomic mass is 16.6. The number of carbonyl (C=O) groups excluding carboxylic acids is 4. The number of methoxy groups -OCH3 is 2. The Hall–Kier alpha value is -4.52. The number of terminal acetylenes is 1. The monoisotopic (exact) mass is 458 g/mol. The largest absolute Gasteiger partial charge is 0.504 e. The molecule has 0 heterocycles. The van der Waals surface area contributed by atoms with Gasteiger partial charge in [-0.2, -0.15) is 0 Å². The van der Waals surface area contributed by atoms with Gasteiger partial charge in [-0.25, -0.2) is 0 Å². The third kappa shape index (κ3) is 7.29. The SMILES string of the molecule is C#CCOc1ccc(C=O)c(OC(C)=O)c1OC.COc1c(O)ccc(C=O)c1OC(C)=O. The molecule has 2 aromatic rings. The van der Waals surface area contributed by atoms with Gasteiger partial charge >= 0.3 is 11.9 Å². The molecular weight excluding hydrogens is 436 g/mol. The van der Waals surface area contributed by atoms with Crippen LogP contribution >= 0.6 is 0 Å². The Morgan fingerprint density at radius 3 is 1.79 bits per heavy atom. The fourth-order valence-electron chi connectivity index (χ4n) is 2.43. The van der Waals surface area contributed by atoms with Gasteiger partial charge in [-0.15, -0.1) is 6.42 Å². The standard InChI is InChI=1S/C13H12O5.C10H10O5/c1-4-7-17-11-6-5-10(8-14)12(13(11)16-3)18-9(2)15;1-6(12)15-9-7(5-11)3-4-8(13)10(9)14-2/h1,5-6,8H,7H2,2-3H3;3-5,13H,1-2H3. The van der Waals surface area contributed by atoms with Crippen molar-refractivity contribution in [3.63, 3.8) is 0 Å². The minimum absolute atomic E-state index is 0.0227. The Morgan fingerprint density at radius 2 is 1.36 bits per heavy atom. The molecule has 0 atom stereocenters. The predicted octanol–water partition coefficient (Wildman–Crippen LogP) is 2.58.